The first-order valence-electron chi connectivity index (χ1n) is 10.9. The van der Waals surface area contributed by atoms with Gasteiger partial charge in [-0.3, -0.25) is 4.79 Å². The van der Waals surface area contributed by atoms with Gasteiger partial charge in [-0.2, -0.15) is 0 Å². The molecule has 0 fully saturated rings. The van der Waals surface area contributed by atoms with Gasteiger partial charge in [-0.15, -0.1) is 0 Å². The molecule has 4 rings (SSSR count). The number of carbonyl (C=O) groups excluding carboxylic acids is 1. The molecule has 154 valence electrons. The highest BCUT2D eigenvalue weighted by Crippen LogP contribution is 2.21. The van der Waals surface area contributed by atoms with Gasteiger partial charge in [0.2, 0.25) is 5.91 Å². The molecule has 0 atom stereocenters. The third kappa shape index (κ3) is 4.92. The molecule has 0 aliphatic carbocycles. The van der Waals surface area contributed by atoms with Crippen molar-refractivity contribution in [1.82, 2.24) is 19.9 Å². The van der Waals surface area contributed by atoms with Gasteiger partial charge >= 0.3 is 0 Å². The lowest BCUT2D eigenvalue weighted by Gasteiger charge is -2.28. The highest BCUT2D eigenvalue weighted by molar-refractivity contribution is 5.76. The van der Waals surface area contributed by atoms with Crippen molar-refractivity contribution in [2.45, 2.75) is 65.3 Å². The summed E-state index contributed by atoms with van der Waals surface area (Å²) >= 11 is 0. The number of nitrogens with one attached hydrogen (secondary N) is 1. The van der Waals surface area contributed by atoms with Crippen LogP contribution in [0.25, 0.3) is 0 Å². The van der Waals surface area contributed by atoms with Crippen LogP contribution in [0.5, 0.6) is 0 Å². The maximum atomic E-state index is 12.8. The average Bonchev–Trinajstić information content (AvgIpc) is 2.75. The summed E-state index contributed by atoms with van der Waals surface area (Å²) in [6.45, 7) is 6.79. The Bertz CT molecular complexity index is 880. The lowest BCUT2D eigenvalue weighted by atomic mass is 10.0. The van der Waals surface area contributed by atoms with Crippen LogP contribution >= 0.6 is 0 Å². The third-order valence-electron chi connectivity index (χ3n) is 5.83. The van der Waals surface area contributed by atoms with Crippen molar-refractivity contribution in [2.24, 2.45) is 5.92 Å². The smallest absolute Gasteiger partial charge is 0.223 e. The fourth-order valence-electron chi connectivity index (χ4n) is 4.01. The summed E-state index contributed by atoms with van der Waals surface area (Å²) in [7, 11) is 0. The Morgan fingerprint density at radius 3 is 2.93 bits per heavy atom. The van der Waals surface area contributed by atoms with E-state index in [9.17, 15) is 4.79 Å². The standard InChI is InChI=1S/C23H31N5O/c1-16(2)5-9-21-25-14-18-15-28(13-11-20(18)27-21)22(29)10-8-19-7-6-17-4-3-12-24-23(17)26-19/h6-7,14,16H,3-5,8-13,15H2,1-2H3,(H,24,26). The monoisotopic (exact) mass is 393 g/mol. The summed E-state index contributed by atoms with van der Waals surface area (Å²) in [6.07, 6.45) is 8.20. The zero-order valence-corrected chi connectivity index (χ0v) is 17.6. The summed E-state index contributed by atoms with van der Waals surface area (Å²) in [5, 5.41) is 3.36. The molecule has 0 bridgehead atoms. The number of hydrogen-bond acceptors (Lipinski definition) is 5. The number of nitrogens with zero attached hydrogens (tertiary/aromatic N) is 4. The second-order valence-corrected chi connectivity index (χ2v) is 8.60. The van der Waals surface area contributed by atoms with Gasteiger partial charge in [0.25, 0.3) is 0 Å². The zero-order valence-electron chi connectivity index (χ0n) is 17.6. The Labute approximate surface area is 173 Å². The van der Waals surface area contributed by atoms with E-state index < -0.39 is 0 Å². The fourth-order valence-corrected chi connectivity index (χ4v) is 4.01. The normalized spacial score (nSPS) is 15.6. The van der Waals surface area contributed by atoms with Gasteiger partial charge in [-0.05, 0) is 43.2 Å². The van der Waals surface area contributed by atoms with E-state index >= 15 is 0 Å². The Morgan fingerprint density at radius 2 is 2.07 bits per heavy atom. The molecule has 0 aromatic carbocycles. The predicted molar refractivity (Wildman–Crippen MR) is 114 cm³/mol. The lowest BCUT2D eigenvalue weighted by Crippen LogP contribution is -2.36. The molecule has 2 aromatic rings. The van der Waals surface area contributed by atoms with Crippen LogP contribution in [-0.4, -0.2) is 38.8 Å². The molecule has 0 spiro atoms. The average molecular weight is 394 g/mol. The minimum absolute atomic E-state index is 0.187. The van der Waals surface area contributed by atoms with Crippen LogP contribution in [0.4, 0.5) is 5.82 Å². The van der Waals surface area contributed by atoms with E-state index in [0.29, 0.717) is 25.3 Å². The van der Waals surface area contributed by atoms with E-state index in [0.717, 1.165) is 73.8 Å². The van der Waals surface area contributed by atoms with Crippen LogP contribution in [0.2, 0.25) is 0 Å². The molecular formula is C23H31N5O. The molecule has 0 radical (unpaired) electrons. The summed E-state index contributed by atoms with van der Waals surface area (Å²) < 4.78 is 0. The quantitative estimate of drug-likeness (QED) is 0.815. The van der Waals surface area contributed by atoms with E-state index in [1.807, 2.05) is 11.1 Å². The lowest BCUT2D eigenvalue weighted by molar-refractivity contribution is -0.132. The first kappa shape index (κ1) is 19.8. The molecular weight excluding hydrogens is 362 g/mol. The molecule has 1 amide bonds. The second-order valence-electron chi connectivity index (χ2n) is 8.60. The maximum absolute atomic E-state index is 12.8. The first-order chi connectivity index (χ1) is 14.1. The largest absolute Gasteiger partial charge is 0.370 e. The molecule has 2 aromatic heterocycles. The van der Waals surface area contributed by atoms with Crippen LogP contribution < -0.4 is 5.32 Å². The summed E-state index contributed by atoms with van der Waals surface area (Å²) in [5.74, 6) is 2.78. The molecule has 2 aliphatic heterocycles. The fraction of sp³-hybridized carbons (Fsp3) is 0.565. The molecule has 2 aliphatic rings. The molecule has 6 nitrogen and oxygen atoms in total. The van der Waals surface area contributed by atoms with Crippen LogP contribution in [0.3, 0.4) is 0 Å². The Hall–Kier alpha value is -2.50. The SMILES string of the molecule is CC(C)CCc1ncc2c(n1)CCN(C(=O)CCc1ccc3c(n1)NCCC3)C2. The van der Waals surface area contributed by atoms with Gasteiger partial charge in [0, 0.05) is 56.4 Å². The molecule has 4 heterocycles. The molecule has 6 heteroatoms. The zero-order chi connectivity index (χ0) is 20.2. The van der Waals surface area contributed by atoms with Crippen molar-refractivity contribution in [3.63, 3.8) is 0 Å². The minimum Gasteiger partial charge on any atom is -0.370 e. The Morgan fingerprint density at radius 1 is 1.17 bits per heavy atom. The number of amides is 1. The van der Waals surface area contributed by atoms with E-state index in [2.05, 4.69) is 36.3 Å². The summed E-state index contributed by atoms with van der Waals surface area (Å²) in [5.41, 5.74) is 4.48. The topological polar surface area (TPSA) is 71.0 Å². The Kier molecular flexibility index (Phi) is 6.07. The first-order valence-corrected chi connectivity index (χ1v) is 10.9. The van der Waals surface area contributed by atoms with Crippen molar-refractivity contribution in [1.29, 1.82) is 0 Å². The number of aromatic nitrogens is 3. The van der Waals surface area contributed by atoms with Crippen LogP contribution in [0, 0.1) is 5.92 Å². The maximum Gasteiger partial charge on any atom is 0.223 e. The third-order valence-corrected chi connectivity index (χ3v) is 5.83. The second kappa shape index (κ2) is 8.89. The van der Waals surface area contributed by atoms with E-state index in [4.69, 9.17) is 9.97 Å². The number of hydrogen-bond donors (Lipinski definition) is 1. The van der Waals surface area contributed by atoms with E-state index in [1.54, 1.807) is 0 Å². The Balaban J connectivity index is 1.32. The highest BCUT2D eigenvalue weighted by atomic mass is 16.2. The van der Waals surface area contributed by atoms with Crippen molar-refractivity contribution in [3.8, 4) is 0 Å². The van der Waals surface area contributed by atoms with Crippen molar-refractivity contribution in [2.75, 3.05) is 18.4 Å². The van der Waals surface area contributed by atoms with Crippen molar-refractivity contribution < 1.29 is 4.79 Å². The highest BCUT2D eigenvalue weighted by Gasteiger charge is 2.22. The molecule has 0 saturated carbocycles. The summed E-state index contributed by atoms with van der Waals surface area (Å²) in [4.78, 5) is 28.7. The number of anilines is 1. The van der Waals surface area contributed by atoms with Crippen LogP contribution in [-0.2, 0) is 37.0 Å². The van der Waals surface area contributed by atoms with Gasteiger partial charge in [0.1, 0.15) is 11.6 Å². The number of pyridine rings is 1. The molecule has 1 N–H and O–H groups in total. The van der Waals surface area contributed by atoms with Crippen molar-refractivity contribution >= 4 is 11.7 Å². The minimum atomic E-state index is 0.187. The van der Waals surface area contributed by atoms with Crippen molar-refractivity contribution in [3.05, 3.63) is 46.7 Å². The molecule has 29 heavy (non-hydrogen) atoms. The molecule has 0 unspecified atom stereocenters. The van der Waals surface area contributed by atoms with Crippen LogP contribution in [0.15, 0.2) is 18.3 Å². The summed E-state index contributed by atoms with van der Waals surface area (Å²) in [6, 6.07) is 4.22. The number of aryl methyl sites for hydroxylation is 3. The number of fused-ring (bicyclic) bond motifs is 2. The predicted octanol–water partition coefficient (Wildman–Crippen LogP) is 3.34. The van der Waals surface area contributed by atoms with Crippen LogP contribution in [0.1, 0.15) is 61.4 Å². The number of rotatable bonds is 6. The van der Waals surface area contributed by atoms with Gasteiger partial charge in [-0.1, -0.05) is 19.9 Å². The number of carbonyl (C=O) groups is 1. The molecule has 0 saturated heterocycles. The van der Waals surface area contributed by atoms with Gasteiger partial charge < -0.3 is 10.2 Å². The van der Waals surface area contributed by atoms with Gasteiger partial charge in [0.05, 0.1) is 5.69 Å². The van der Waals surface area contributed by atoms with E-state index in [1.165, 1.54) is 5.56 Å². The van der Waals surface area contributed by atoms with Gasteiger partial charge in [0.15, 0.2) is 0 Å². The van der Waals surface area contributed by atoms with Gasteiger partial charge in [-0.25, -0.2) is 15.0 Å². The van der Waals surface area contributed by atoms with E-state index in [-0.39, 0.29) is 5.91 Å².